The van der Waals surface area contributed by atoms with Gasteiger partial charge in [-0.25, -0.2) is 22.0 Å². The number of rotatable bonds is 4. The topological polar surface area (TPSA) is 71.4 Å². The molecule has 7 heteroatoms. The lowest BCUT2D eigenvalue weighted by atomic mass is 10.1. The molecular weight excluding hydrogens is 302 g/mol. The smallest absolute Gasteiger partial charge is 0.335 e. The van der Waals surface area contributed by atoms with Crippen molar-refractivity contribution in [1.82, 2.24) is 0 Å². The van der Waals surface area contributed by atoms with Crippen molar-refractivity contribution in [3.8, 4) is 0 Å². The average Bonchev–Trinajstić information content (AvgIpc) is 2.41. The number of carbonyl (C=O) groups is 1. The van der Waals surface area contributed by atoms with Gasteiger partial charge in [0.15, 0.2) is 9.84 Å². The molecule has 0 radical (unpaired) electrons. The van der Waals surface area contributed by atoms with E-state index in [-0.39, 0.29) is 16.0 Å². The van der Waals surface area contributed by atoms with Crippen molar-refractivity contribution in [2.24, 2.45) is 0 Å². The number of carboxylic acids is 1. The van der Waals surface area contributed by atoms with Crippen LogP contribution in [0.25, 0.3) is 0 Å². The molecule has 0 spiro atoms. The molecule has 0 bridgehead atoms. The Bertz CT molecular complexity index is 783. The molecule has 0 atom stereocenters. The van der Waals surface area contributed by atoms with E-state index in [4.69, 9.17) is 5.11 Å². The van der Waals surface area contributed by atoms with Gasteiger partial charge >= 0.3 is 5.97 Å². The number of halogens is 2. The largest absolute Gasteiger partial charge is 0.478 e. The van der Waals surface area contributed by atoms with Gasteiger partial charge in [0.2, 0.25) is 0 Å². The molecule has 4 nitrogen and oxygen atoms in total. The van der Waals surface area contributed by atoms with Crippen LogP contribution in [0.1, 0.15) is 15.9 Å². The minimum Gasteiger partial charge on any atom is -0.478 e. The Morgan fingerprint density at radius 2 is 1.67 bits per heavy atom. The first-order chi connectivity index (χ1) is 9.79. The monoisotopic (exact) mass is 312 g/mol. The molecule has 0 aliphatic heterocycles. The molecule has 110 valence electrons. The summed E-state index contributed by atoms with van der Waals surface area (Å²) in [5.74, 6) is -3.39. The Balaban J connectivity index is 2.38. The highest BCUT2D eigenvalue weighted by molar-refractivity contribution is 7.90. The van der Waals surface area contributed by atoms with Crippen LogP contribution in [-0.2, 0) is 15.6 Å². The molecule has 0 heterocycles. The van der Waals surface area contributed by atoms with E-state index in [1.165, 1.54) is 0 Å². The summed E-state index contributed by atoms with van der Waals surface area (Å²) in [5, 5.41) is 8.83. The lowest BCUT2D eigenvalue weighted by Crippen LogP contribution is -2.08. The molecule has 21 heavy (non-hydrogen) atoms. The SMILES string of the molecule is O=C(O)c1ccc(F)c(CS(=O)(=O)c2ccc(F)cc2)c1. The quantitative estimate of drug-likeness (QED) is 0.881. The second-order valence-electron chi connectivity index (χ2n) is 4.32. The van der Waals surface area contributed by atoms with Gasteiger partial charge in [0, 0.05) is 5.56 Å². The molecule has 0 aliphatic rings. The van der Waals surface area contributed by atoms with Crippen molar-refractivity contribution >= 4 is 15.8 Å². The summed E-state index contributed by atoms with van der Waals surface area (Å²) in [4.78, 5) is 10.7. The van der Waals surface area contributed by atoms with Crippen LogP contribution in [0, 0.1) is 11.6 Å². The lowest BCUT2D eigenvalue weighted by Gasteiger charge is -2.07. The van der Waals surface area contributed by atoms with Gasteiger partial charge < -0.3 is 5.11 Å². The number of sulfone groups is 1. The minimum atomic E-state index is -3.89. The molecular formula is C14H10F2O4S. The van der Waals surface area contributed by atoms with Gasteiger partial charge in [-0.05, 0) is 42.5 Å². The van der Waals surface area contributed by atoms with Gasteiger partial charge in [0.05, 0.1) is 16.2 Å². The standard InChI is InChI=1S/C14H10F2O4S/c15-11-2-4-12(5-3-11)21(19,20)8-10-7-9(14(17)18)1-6-13(10)16/h1-7H,8H2,(H,17,18). The van der Waals surface area contributed by atoms with E-state index in [1.54, 1.807) is 0 Å². The molecule has 0 amide bonds. The summed E-state index contributed by atoms with van der Waals surface area (Å²) in [6.45, 7) is 0. The third kappa shape index (κ3) is 3.43. The van der Waals surface area contributed by atoms with E-state index in [1.807, 2.05) is 0 Å². The summed E-state index contributed by atoms with van der Waals surface area (Å²) in [7, 11) is -3.89. The highest BCUT2D eigenvalue weighted by Gasteiger charge is 2.19. The summed E-state index contributed by atoms with van der Waals surface area (Å²) >= 11 is 0. The molecule has 2 rings (SSSR count). The fourth-order valence-corrected chi connectivity index (χ4v) is 3.10. The van der Waals surface area contributed by atoms with Gasteiger partial charge in [-0.2, -0.15) is 0 Å². The zero-order valence-corrected chi connectivity index (χ0v) is 11.4. The number of hydrogen-bond donors (Lipinski definition) is 1. The van der Waals surface area contributed by atoms with E-state index in [9.17, 15) is 22.0 Å². The zero-order valence-electron chi connectivity index (χ0n) is 10.6. The van der Waals surface area contributed by atoms with Gasteiger partial charge in [0.25, 0.3) is 0 Å². The third-order valence-electron chi connectivity index (χ3n) is 2.81. The third-order valence-corrected chi connectivity index (χ3v) is 4.49. The van der Waals surface area contributed by atoms with Crippen LogP contribution >= 0.6 is 0 Å². The van der Waals surface area contributed by atoms with Gasteiger partial charge in [-0.3, -0.25) is 0 Å². The first kappa shape index (κ1) is 15.1. The summed E-state index contributed by atoms with van der Waals surface area (Å²) in [5.41, 5.74) is -0.458. The number of aromatic carboxylic acids is 1. The van der Waals surface area contributed by atoms with Crippen LogP contribution in [0.4, 0.5) is 8.78 Å². The Labute approximate surface area is 119 Å². The molecule has 1 N–H and O–H groups in total. The van der Waals surface area contributed by atoms with E-state index in [0.717, 1.165) is 42.5 Å². The minimum absolute atomic E-state index is 0.163. The summed E-state index contributed by atoms with van der Waals surface area (Å²) in [6, 6.07) is 7.03. The molecule has 0 saturated heterocycles. The Morgan fingerprint density at radius 1 is 1.05 bits per heavy atom. The molecule has 0 aliphatic carbocycles. The Morgan fingerprint density at radius 3 is 2.24 bits per heavy atom. The molecule has 2 aromatic rings. The highest BCUT2D eigenvalue weighted by atomic mass is 32.2. The number of carboxylic acid groups (broad SMARTS) is 1. The first-order valence-corrected chi connectivity index (χ1v) is 7.45. The van der Waals surface area contributed by atoms with E-state index >= 15 is 0 Å². The van der Waals surface area contributed by atoms with Gasteiger partial charge in [-0.15, -0.1) is 0 Å². The van der Waals surface area contributed by atoms with Crippen LogP contribution in [-0.4, -0.2) is 19.5 Å². The Kier molecular flexibility index (Phi) is 4.04. The van der Waals surface area contributed by atoms with Crippen molar-refractivity contribution in [2.75, 3.05) is 0 Å². The Hall–Kier alpha value is -2.28. The fraction of sp³-hybridized carbons (Fsp3) is 0.0714. The molecule has 0 fully saturated rings. The van der Waals surface area contributed by atoms with Crippen LogP contribution in [0.3, 0.4) is 0 Å². The van der Waals surface area contributed by atoms with Gasteiger partial charge in [-0.1, -0.05) is 0 Å². The summed E-state index contributed by atoms with van der Waals surface area (Å²) < 4.78 is 50.6. The fourth-order valence-electron chi connectivity index (χ4n) is 1.75. The van der Waals surface area contributed by atoms with E-state index in [0.29, 0.717) is 0 Å². The zero-order chi connectivity index (χ0) is 15.6. The van der Waals surface area contributed by atoms with Gasteiger partial charge in [0.1, 0.15) is 11.6 Å². The van der Waals surface area contributed by atoms with Crippen molar-refractivity contribution in [3.63, 3.8) is 0 Å². The van der Waals surface area contributed by atoms with E-state index < -0.39 is 33.2 Å². The molecule has 0 unspecified atom stereocenters. The highest BCUT2D eigenvalue weighted by Crippen LogP contribution is 2.20. The predicted molar refractivity (Wildman–Crippen MR) is 70.6 cm³/mol. The number of hydrogen-bond acceptors (Lipinski definition) is 3. The predicted octanol–water partition coefficient (Wildman–Crippen LogP) is 2.64. The van der Waals surface area contributed by atoms with Crippen molar-refractivity contribution in [3.05, 3.63) is 65.2 Å². The van der Waals surface area contributed by atoms with Crippen LogP contribution in [0.5, 0.6) is 0 Å². The van der Waals surface area contributed by atoms with E-state index in [2.05, 4.69) is 0 Å². The normalized spacial score (nSPS) is 11.3. The van der Waals surface area contributed by atoms with Crippen molar-refractivity contribution < 1.29 is 27.1 Å². The van der Waals surface area contributed by atoms with Crippen LogP contribution < -0.4 is 0 Å². The van der Waals surface area contributed by atoms with Crippen LogP contribution in [0.2, 0.25) is 0 Å². The maximum Gasteiger partial charge on any atom is 0.335 e. The molecule has 0 aromatic heterocycles. The maximum atomic E-state index is 13.6. The first-order valence-electron chi connectivity index (χ1n) is 5.79. The molecule has 2 aromatic carbocycles. The van der Waals surface area contributed by atoms with Crippen molar-refractivity contribution in [2.45, 2.75) is 10.6 Å². The lowest BCUT2D eigenvalue weighted by molar-refractivity contribution is 0.0696. The van der Waals surface area contributed by atoms with Crippen LogP contribution in [0.15, 0.2) is 47.4 Å². The summed E-state index contributed by atoms with van der Waals surface area (Å²) in [6.07, 6.45) is 0. The second kappa shape index (κ2) is 5.61. The molecule has 0 saturated carbocycles. The maximum absolute atomic E-state index is 13.6. The number of benzene rings is 2. The average molecular weight is 312 g/mol. The second-order valence-corrected chi connectivity index (χ2v) is 6.31. The van der Waals surface area contributed by atoms with Crippen molar-refractivity contribution in [1.29, 1.82) is 0 Å².